The summed E-state index contributed by atoms with van der Waals surface area (Å²) >= 11 is 0. The number of anilines is 1. The molecule has 0 amide bonds. The summed E-state index contributed by atoms with van der Waals surface area (Å²) in [6.45, 7) is -0.251. The van der Waals surface area contributed by atoms with Crippen LogP contribution in [-0.2, 0) is 12.7 Å². The summed E-state index contributed by atoms with van der Waals surface area (Å²) in [4.78, 5) is 0. The van der Waals surface area contributed by atoms with E-state index in [1.807, 2.05) is 6.07 Å². The molecule has 0 unspecified atom stereocenters. The van der Waals surface area contributed by atoms with Gasteiger partial charge in [-0.25, -0.2) is 4.39 Å². The highest BCUT2D eigenvalue weighted by atomic mass is 19.4. The minimum absolute atomic E-state index is 0.0479. The van der Waals surface area contributed by atoms with E-state index < -0.39 is 17.6 Å². The summed E-state index contributed by atoms with van der Waals surface area (Å²) in [7, 11) is 0. The van der Waals surface area contributed by atoms with Gasteiger partial charge in [0, 0.05) is 17.8 Å². The number of hydrogen-bond acceptors (Lipinski definition) is 3. The van der Waals surface area contributed by atoms with Gasteiger partial charge < -0.3 is 5.32 Å². The molecule has 0 aromatic heterocycles. The van der Waals surface area contributed by atoms with Crippen molar-refractivity contribution in [2.24, 2.45) is 0 Å². The van der Waals surface area contributed by atoms with E-state index in [4.69, 9.17) is 10.5 Å². The van der Waals surface area contributed by atoms with Crippen LogP contribution in [0.4, 0.5) is 23.2 Å². The van der Waals surface area contributed by atoms with Crippen molar-refractivity contribution in [3.63, 3.8) is 0 Å². The van der Waals surface area contributed by atoms with E-state index in [1.54, 1.807) is 6.07 Å². The van der Waals surface area contributed by atoms with Crippen LogP contribution in [0.2, 0.25) is 0 Å². The van der Waals surface area contributed by atoms with Crippen molar-refractivity contribution in [1.29, 1.82) is 10.5 Å². The Kier molecular flexibility index (Phi) is 4.52. The fourth-order valence-electron chi connectivity index (χ4n) is 1.98. The summed E-state index contributed by atoms with van der Waals surface area (Å²) in [5.41, 5.74) is -0.969. The van der Waals surface area contributed by atoms with Crippen molar-refractivity contribution in [1.82, 2.24) is 0 Å². The van der Waals surface area contributed by atoms with Gasteiger partial charge in [0.2, 0.25) is 0 Å². The first-order valence-corrected chi connectivity index (χ1v) is 6.39. The van der Waals surface area contributed by atoms with Gasteiger partial charge >= 0.3 is 6.18 Å². The second-order valence-electron chi connectivity index (χ2n) is 4.64. The molecule has 0 fully saturated rings. The third-order valence-electron chi connectivity index (χ3n) is 3.10. The average Bonchev–Trinajstić information content (AvgIpc) is 2.52. The SMILES string of the molecule is N#Cc1ccc(F)c(CNc2cc(C#N)ccc2C(F)(F)F)c1. The zero-order valence-corrected chi connectivity index (χ0v) is 11.6. The number of halogens is 4. The highest BCUT2D eigenvalue weighted by Crippen LogP contribution is 2.35. The van der Waals surface area contributed by atoms with E-state index in [-0.39, 0.29) is 28.9 Å². The number of nitrogens with zero attached hydrogens (tertiary/aromatic N) is 2. The van der Waals surface area contributed by atoms with Gasteiger partial charge in [-0.15, -0.1) is 0 Å². The molecule has 0 saturated carbocycles. The highest BCUT2D eigenvalue weighted by molar-refractivity contribution is 5.57. The van der Waals surface area contributed by atoms with Crippen molar-refractivity contribution in [3.05, 3.63) is 64.5 Å². The average molecular weight is 319 g/mol. The van der Waals surface area contributed by atoms with E-state index in [9.17, 15) is 17.6 Å². The van der Waals surface area contributed by atoms with Gasteiger partial charge in [-0.2, -0.15) is 23.7 Å². The van der Waals surface area contributed by atoms with Crippen LogP contribution in [0.3, 0.4) is 0 Å². The van der Waals surface area contributed by atoms with Gasteiger partial charge in [0.05, 0.1) is 28.8 Å². The lowest BCUT2D eigenvalue weighted by molar-refractivity contribution is -0.137. The summed E-state index contributed by atoms with van der Waals surface area (Å²) in [6, 6.07) is 10.1. The van der Waals surface area contributed by atoms with Crippen molar-refractivity contribution >= 4 is 5.69 Å². The summed E-state index contributed by atoms with van der Waals surface area (Å²) in [5.74, 6) is -0.638. The lowest BCUT2D eigenvalue weighted by Gasteiger charge is -2.15. The Bertz CT molecular complexity index is 814. The first-order valence-electron chi connectivity index (χ1n) is 6.39. The van der Waals surface area contributed by atoms with Crippen molar-refractivity contribution in [2.45, 2.75) is 12.7 Å². The standard InChI is InChI=1S/C16H9F4N3/c17-14-4-2-10(7-21)5-12(14)9-23-15-6-11(8-22)1-3-13(15)16(18,19)20/h1-6,23H,9H2. The molecule has 2 rings (SSSR count). The molecule has 0 aliphatic heterocycles. The summed E-state index contributed by atoms with van der Waals surface area (Å²) in [6.07, 6.45) is -4.61. The van der Waals surface area contributed by atoms with E-state index in [2.05, 4.69) is 5.32 Å². The Morgan fingerprint density at radius 1 is 0.957 bits per heavy atom. The van der Waals surface area contributed by atoms with Gasteiger partial charge in [-0.3, -0.25) is 0 Å². The summed E-state index contributed by atoms with van der Waals surface area (Å²) in [5, 5.41) is 20.1. The van der Waals surface area contributed by atoms with Crippen molar-refractivity contribution in [3.8, 4) is 12.1 Å². The molecule has 23 heavy (non-hydrogen) atoms. The zero-order valence-electron chi connectivity index (χ0n) is 11.6. The Balaban J connectivity index is 2.34. The van der Waals surface area contributed by atoms with Gasteiger partial charge in [0.15, 0.2) is 0 Å². The Hall–Kier alpha value is -3.06. The quantitative estimate of drug-likeness (QED) is 0.863. The normalized spacial score (nSPS) is 10.7. The number of alkyl halides is 3. The number of hydrogen-bond donors (Lipinski definition) is 1. The molecule has 0 radical (unpaired) electrons. The molecule has 1 N–H and O–H groups in total. The first kappa shape index (κ1) is 16.3. The third kappa shape index (κ3) is 3.78. The maximum atomic E-state index is 13.7. The van der Waals surface area contributed by atoms with E-state index in [0.717, 1.165) is 24.3 Å². The largest absolute Gasteiger partial charge is 0.418 e. The smallest absolute Gasteiger partial charge is 0.380 e. The van der Waals surface area contributed by atoms with Crippen LogP contribution in [0.15, 0.2) is 36.4 Å². The van der Waals surface area contributed by atoms with Crippen molar-refractivity contribution < 1.29 is 17.6 Å². The minimum Gasteiger partial charge on any atom is -0.380 e. The Morgan fingerprint density at radius 3 is 2.17 bits per heavy atom. The zero-order chi connectivity index (χ0) is 17.0. The Labute approximate surface area is 129 Å². The van der Waals surface area contributed by atoms with E-state index >= 15 is 0 Å². The molecular weight excluding hydrogens is 310 g/mol. The number of nitriles is 2. The van der Waals surface area contributed by atoms with E-state index in [0.29, 0.717) is 0 Å². The van der Waals surface area contributed by atoms with Gasteiger partial charge in [0.1, 0.15) is 5.82 Å². The Morgan fingerprint density at radius 2 is 1.57 bits per heavy atom. The van der Waals surface area contributed by atoms with Crippen LogP contribution >= 0.6 is 0 Å². The number of rotatable bonds is 3. The predicted molar refractivity (Wildman–Crippen MR) is 74.6 cm³/mol. The number of nitrogens with one attached hydrogen (secondary N) is 1. The van der Waals surface area contributed by atoms with Crippen LogP contribution in [0, 0.1) is 28.5 Å². The topological polar surface area (TPSA) is 59.6 Å². The molecule has 0 atom stereocenters. The number of benzene rings is 2. The second kappa shape index (κ2) is 6.37. The van der Waals surface area contributed by atoms with Gasteiger partial charge in [0.25, 0.3) is 0 Å². The molecule has 0 heterocycles. The molecule has 116 valence electrons. The van der Waals surface area contributed by atoms with E-state index in [1.165, 1.54) is 12.1 Å². The fourth-order valence-corrected chi connectivity index (χ4v) is 1.98. The molecule has 7 heteroatoms. The molecule has 0 spiro atoms. The molecule has 0 aliphatic rings. The molecule has 3 nitrogen and oxygen atoms in total. The first-order chi connectivity index (χ1) is 10.8. The lowest BCUT2D eigenvalue weighted by Crippen LogP contribution is -2.11. The van der Waals surface area contributed by atoms with Gasteiger partial charge in [-0.1, -0.05) is 0 Å². The molecule has 0 bridgehead atoms. The molecule has 0 saturated heterocycles. The van der Waals surface area contributed by atoms with Crippen LogP contribution in [0.5, 0.6) is 0 Å². The highest BCUT2D eigenvalue weighted by Gasteiger charge is 2.33. The van der Waals surface area contributed by atoms with Crippen molar-refractivity contribution in [2.75, 3.05) is 5.32 Å². The fraction of sp³-hybridized carbons (Fsp3) is 0.125. The van der Waals surface area contributed by atoms with Crippen LogP contribution in [-0.4, -0.2) is 0 Å². The predicted octanol–water partition coefficient (Wildman–Crippen LogP) is 4.20. The molecule has 0 aliphatic carbocycles. The monoisotopic (exact) mass is 319 g/mol. The minimum atomic E-state index is -4.61. The molecule has 2 aromatic carbocycles. The second-order valence-corrected chi connectivity index (χ2v) is 4.64. The van der Waals surface area contributed by atoms with Crippen LogP contribution in [0.25, 0.3) is 0 Å². The van der Waals surface area contributed by atoms with Crippen LogP contribution < -0.4 is 5.32 Å². The third-order valence-corrected chi connectivity index (χ3v) is 3.10. The maximum Gasteiger partial charge on any atom is 0.418 e. The molecular formula is C16H9F4N3. The van der Waals surface area contributed by atoms with Crippen LogP contribution in [0.1, 0.15) is 22.3 Å². The molecule has 2 aromatic rings. The maximum absolute atomic E-state index is 13.7. The van der Waals surface area contributed by atoms with Gasteiger partial charge in [-0.05, 0) is 36.4 Å². The summed E-state index contributed by atoms with van der Waals surface area (Å²) < 4.78 is 52.6. The lowest BCUT2D eigenvalue weighted by atomic mass is 10.1.